The fraction of sp³-hybridized carbons (Fsp3) is 0.133. The van der Waals surface area contributed by atoms with Crippen LogP contribution in [0.2, 0.25) is 0 Å². The topological polar surface area (TPSA) is 58.6 Å². The second-order valence-electron chi connectivity index (χ2n) is 4.05. The van der Waals surface area contributed by atoms with Gasteiger partial charge in [0.2, 0.25) is 0 Å². The molecule has 0 atom stereocenters. The Bertz CT molecular complexity index is 611. The molecule has 0 amide bonds. The van der Waals surface area contributed by atoms with Gasteiger partial charge >= 0.3 is 5.97 Å². The first-order valence-corrected chi connectivity index (χ1v) is 6.13. The average Bonchev–Trinajstić information content (AvgIpc) is 2.43. The van der Waals surface area contributed by atoms with Crippen LogP contribution in [-0.4, -0.2) is 17.7 Å². The van der Waals surface area contributed by atoms with Gasteiger partial charge in [-0.1, -0.05) is 6.07 Å². The van der Waals surface area contributed by atoms with Crippen molar-refractivity contribution in [3.63, 3.8) is 0 Å². The number of halogens is 1. The normalized spacial score (nSPS) is 10.1. The molecule has 0 radical (unpaired) electrons. The van der Waals surface area contributed by atoms with Crippen molar-refractivity contribution in [3.8, 4) is 5.75 Å². The summed E-state index contributed by atoms with van der Waals surface area (Å²) in [4.78, 5) is 11.1. The molecule has 0 aliphatic carbocycles. The fourth-order valence-electron chi connectivity index (χ4n) is 1.77. The van der Waals surface area contributed by atoms with Gasteiger partial charge in [0.05, 0.1) is 17.9 Å². The second-order valence-corrected chi connectivity index (χ2v) is 4.05. The van der Waals surface area contributed by atoms with Gasteiger partial charge in [-0.2, -0.15) is 0 Å². The van der Waals surface area contributed by atoms with Crippen LogP contribution in [0.1, 0.15) is 17.3 Å². The Balaban J connectivity index is 2.27. The molecule has 2 aromatic carbocycles. The monoisotopic (exact) mass is 275 g/mol. The van der Waals surface area contributed by atoms with Crippen LogP contribution in [0.25, 0.3) is 0 Å². The molecule has 2 N–H and O–H groups in total. The Hall–Kier alpha value is -2.56. The summed E-state index contributed by atoms with van der Waals surface area (Å²) in [6.07, 6.45) is 0. The molecule has 0 saturated heterocycles. The summed E-state index contributed by atoms with van der Waals surface area (Å²) in [6.45, 7) is 2.44. The first-order chi connectivity index (χ1) is 9.61. The number of aromatic carboxylic acids is 1. The number of carboxylic acids is 1. The van der Waals surface area contributed by atoms with E-state index in [1.54, 1.807) is 24.3 Å². The molecule has 0 unspecified atom stereocenters. The highest BCUT2D eigenvalue weighted by molar-refractivity contribution is 5.95. The highest BCUT2D eigenvalue weighted by atomic mass is 19.1. The largest absolute Gasteiger partial charge is 0.494 e. The minimum absolute atomic E-state index is 0.0517. The fourth-order valence-corrected chi connectivity index (χ4v) is 1.77. The number of rotatable bonds is 5. The number of hydrogen-bond donors (Lipinski definition) is 2. The third-order valence-corrected chi connectivity index (χ3v) is 2.68. The van der Waals surface area contributed by atoms with E-state index in [-0.39, 0.29) is 11.3 Å². The van der Waals surface area contributed by atoms with Gasteiger partial charge in [-0.25, -0.2) is 9.18 Å². The maximum atomic E-state index is 13.7. The number of nitrogens with one attached hydrogen (secondary N) is 1. The summed E-state index contributed by atoms with van der Waals surface area (Å²) in [5.74, 6) is -1.10. The lowest BCUT2D eigenvalue weighted by molar-refractivity contribution is 0.0697. The first kappa shape index (κ1) is 13.9. The van der Waals surface area contributed by atoms with Gasteiger partial charge in [0.15, 0.2) is 0 Å². The number of para-hydroxylation sites is 1. The first-order valence-electron chi connectivity index (χ1n) is 6.13. The SMILES string of the molecule is CCOc1ccc(Nc2c(F)cccc2C(=O)O)cc1. The van der Waals surface area contributed by atoms with Crippen molar-refractivity contribution in [2.75, 3.05) is 11.9 Å². The Morgan fingerprint density at radius 3 is 2.55 bits per heavy atom. The lowest BCUT2D eigenvalue weighted by Crippen LogP contribution is -2.04. The van der Waals surface area contributed by atoms with E-state index in [4.69, 9.17) is 9.84 Å². The van der Waals surface area contributed by atoms with Crippen molar-refractivity contribution < 1.29 is 19.0 Å². The number of benzene rings is 2. The summed E-state index contributed by atoms with van der Waals surface area (Å²) in [5.41, 5.74) is 0.420. The molecule has 0 fully saturated rings. The van der Waals surface area contributed by atoms with Gasteiger partial charge in [0.25, 0.3) is 0 Å². The van der Waals surface area contributed by atoms with Crippen molar-refractivity contribution in [2.24, 2.45) is 0 Å². The van der Waals surface area contributed by atoms with Crippen LogP contribution in [0.3, 0.4) is 0 Å². The van der Waals surface area contributed by atoms with Crippen LogP contribution < -0.4 is 10.1 Å². The van der Waals surface area contributed by atoms with Crippen LogP contribution in [0, 0.1) is 5.82 Å². The third kappa shape index (κ3) is 3.06. The zero-order chi connectivity index (χ0) is 14.5. The molecule has 4 nitrogen and oxygen atoms in total. The average molecular weight is 275 g/mol. The maximum absolute atomic E-state index is 13.7. The molecular formula is C15H14FNO3. The van der Waals surface area contributed by atoms with E-state index in [0.717, 1.165) is 0 Å². The highest BCUT2D eigenvalue weighted by Crippen LogP contribution is 2.25. The van der Waals surface area contributed by atoms with E-state index >= 15 is 0 Å². The standard InChI is InChI=1S/C15H14FNO3/c1-2-20-11-8-6-10(7-9-11)17-14-12(15(18)19)4-3-5-13(14)16/h3-9,17H,2H2,1H3,(H,18,19). The Morgan fingerprint density at radius 2 is 1.95 bits per heavy atom. The van der Waals surface area contributed by atoms with Crippen molar-refractivity contribution >= 4 is 17.3 Å². The van der Waals surface area contributed by atoms with E-state index in [1.165, 1.54) is 18.2 Å². The predicted octanol–water partition coefficient (Wildman–Crippen LogP) is 3.67. The molecule has 0 bridgehead atoms. The molecule has 0 saturated carbocycles. The van der Waals surface area contributed by atoms with E-state index in [1.807, 2.05) is 6.92 Å². The Morgan fingerprint density at radius 1 is 1.25 bits per heavy atom. The van der Waals surface area contributed by atoms with E-state index in [0.29, 0.717) is 18.0 Å². The van der Waals surface area contributed by atoms with Crippen molar-refractivity contribution in [3.05, 3.63) is 53.8 Å². The molecule has 0 aromatic heterocycles. The highest BCUT2D eigenvalue weighted by Gasteiger charge is 2.14. The lowest BCUT2D eigenvalue weighted by atomic mass is 10.1. The van der Waals surface area contributed by atoms with Crippen LogP contribution in [-0.2, 0) is 0 Å². The third-order valence-electron chi connectivity index (χ3n) is 2.68. The molecule has 0 aliphatic rings. The molecule has 2 aromatic rings. The molecular weight excluding hydrogens is 261 g/mol. The summed E-state index contributed by atoms with van der Waals surface area (Å²) in [6, 6.07) is 10.8. The van der Waals surface area contributed by atoms with Crippen LogP contribution in [0.4, 0.5) is 15.8 Å². The van der Waals surface area contributed by atoms with Gasteiger partial charge in [-0.15, -0.1) is 0 Å². The molecule has 0 heterocycles. The number of carbonyl (C=O) groups is 1. The predicted molar refractivity (Wildman–Crippen MR) is 74.3 cm³/mol. The maximum Gasteiger partial charge on any atom is 0.337 e. The van der Waals surface area contributed by atoms with Gasteiger partial charge in [-0.05, 0) is 43.3 Å². The van der Waals surface area contributed by atoms with Crippen LogP contribution >= 0.6 is 0 Å². The molecule has 0 spiro atoms. The van der Waals surface area contributed by atoms with Crippen molar-refractivity contribution in [1.82, 2.24) is 0 Å². The van der Waals surface area contributed by atoms with E-state index in [9.17, 15) is 9.18 Å². The minimum Gasteiger partial charge on any atom is -0.494 e. The Kier molecular flexibility index (Phi) is 4.20. The molecule has 5 heteroatoms. The summed E-state index contributed by atoms with van der Waals surface area (Å²) in [5, 5.41) is 11.8. The summed E-state index contributed by atoms with van der Waals surface area (Å²) in [7, 11) is 0. The summed E-state index contributed by atoms with van der Waals surface area (Å²) >= 11 is 0. The van der Waals surface area contributed by atoms with Crippen LogP contribution in [0.15, 0.2) is 42.5 Å². The van der Waals surface area contributed by atoms with Crippen molar-refractivity contribution in [2.45, 2.75) is 6.92 Å². The Labute approximate surface area is 115 Å². The molecule has 0 aliphatic heterocycles. The van der Waals surface area contributed by atoms with Gasteiger partial charge in [0, 0.05) is 5.69 Å². The number of carboxylic acid groups (broad SMARTS) is 1. The number of hydrogen-bond acceptors (Lipinski definition) is 3. The second kappa shape index (κ2) is 6.06. The van der Waals surface area contributed by atoms with Gasteiger partial charge < -0.3 is 15.2 Å². The summed E-state index contributed by atoms with van der Waals surface area (Å²) < 4.78 is 19.0. The van der Waals surface area contributed by atoms with Gasteiger partial charge in [-0.3, -0.25) is 0 Å². The number of ether oxygens (including phenoxy) is 1. The molecule has 20 heavy (non-hydrogen) atoms. The molecule has 2 rings (SSSR count). The van der Waals surface area contributed by atoms with Crippen LogP contribution in [0.5, 0.6) is 5.75 Å². The van der Waals surface area contributed by atoms with Gasteiger partial charge in [0.1, 0.15) is 11.6 Å². The minimum atomic E-state index is -1.18. The van der Waals surface area contributed by atoms with E-state index < -0.39 is 11.8 Å². The zero-order valence-electron chi connectivity index (χ0n) is 10.9. The quantitative estimate of drug-likeness (QED) is 0.874. The number of anilines is 2. The smallest absolute Gasteiger partial charge is 0.337 e. The van der Waals surface area contributed by atoms with Crippen molar-refractivity contribution in [1.29, 1.82) is 0 Å². The lowest BCUT2D eigenvalue weighted by Gasteiger charge is -2.11. The molecule has 104 valence electrons. The van der Waals surface area contributed by atoms with E-state index in [2.05, 4.69) is 5.32 Å². The zero-order valence-corrected chi connectivity index (χ0v) is 10.9.